The van der Waals surface area contributed by atoms with E-state index in [0.717, 1.165) is 38.9 Å². The number of anilines is 1. The first-order chi connectivity index (χ1) is 20.6. The van der Waals surface area contributed by atoms with Crippen molar-refractivity contribution in [1.82, 2.24) is 15.2 Å². The third kappa shape index (κ3) is 4.09. The second kappa shape index (κ2) is 9.48. The van der Waals surface area contributed by atoms with E-state index in [-0.39, 0.29) is 22.7 Å². The molecule has 3 aliphatic rings. The highest BCUT2D eigenvalue weighted by molar-refractivity contribution is 7.90. The van der Waals surface area contributed by atoms with Gasteiger partial charge < -0.3 is 0 Å². The van der Waals surface area contributed by atoms with E-state index in [1.807, 2.05) is 79.7 Å². The van der Waals surface area contributed by atoms with Crippen LogP contribution >= 0.6 is 0 Å². The first-order valence-corrected chi connectivity index (χ1v) is 15.8. The van der Waals surface area contributed by atoms with Gasteiger partial charge in [0.05, 0.1) is 16.4 Å². The van der Waals surface area contributed by atoms with E-state index >= 15 is 0 Å². The summed E-state index contributed by atoms with van der Waals surface area (Å²) in [6.45, 7) is 1.93. The first kappa shape index (κ1) is 26.8. The van der Waals surface area contributed by atoms with Gasteiger partial charge in [-0.1, -0.05) is 78.9 Å². The Hall–Kier alpha value is -5.07. The van der Waals surface area contributed by atoms with Crippen LogP contribution in [-0.2, 0) is 20.0 Å². The van der Waals surface area contributed by atoms with Gasteiger partial charge in [-0.3, -0.25) is 15.2 Å². The summed E-state index contributed by atoms with van der Waals surface area (Å²) in [5.41, 5.74) is 4.59. The van der Waals surface area contributed by atoms with Crippen LogP contribution in [0.4, 0.5) is 5.95 Å². The van der Waals surface area contributed by atoms with Gasteiger partial charge >= 0.3 is 0 Å². The Bertz CT molecular complexity index is 2030. The van der Waals surface area contributed by atoms with E-state index in [4.69, 9.17) is 0 Å². The number of H-pyrrole nitrogens is 1. The number of sulfone groups is 1. The molecule has 0 fully saturated rings. The van der Waals surface area contributed by atoms with Crippen molar-refractivity contribution in [2.24, 2.45) is 5.41 Å². The zero-order valence-electron chi connectivity index (χ0n) is 23.5. The van der Waals surface area contributed by atoms with Gasteiger partial charge in [-0.2, -0.15) is 10.2 Å². The lowest BCUT2D eigenvalue weighted by Crippen LogP contribution is -2.53. The molecule has 1 unspecified atom stereocenters. The second-order valence-electron chi connectivity index (χ2n) is 11.6. The molecule has 1 heterocycles. The summed E-state index contributed by atoms with van der Waals surface area (Å²) in [7, 11) is -3.28. The number of aromatic nitrogens is 3. The van der Waals surface area contributed by atoms with Gasteiger partial charge in [-0.05, 0) is 64.9 Å². The Labute approximate surface area is 249 Å². The summed E-state index contributed by atoms with van der Waals surface area (Å²) in [4.78, 5) is 18.9. The molecule has 2 bridgehead atoms. The third-order valence-electron chi connectivity index (χ3n) is 8.90. The molecule has 4 aromatic carbocycles. The molecule has 8 nitrogen and oxygen atoms in total. The van der Waals surface area contributed by atoms with Crippen molar-refractivity contribution in [3.8, 4) is 28.6 Å². The largest absolute Gasteiger partial charge is 0.293 e. The molecule has 3 aliphatic carbocycles. The van der Waals surface area contributed by atoms with Crippen LogP contribution in [0.15, 0.2) is 102 Å². The summed E-state index contributed by atoms with van der Waals surface area (Å²) >= 11 is 0. The maximum atomic E-state index is 14.1. The highest BCUT2D eigenvalue weighted by Crippen LogP contribution is 2.63. The van der Waals surface area contributed by atoms with Gasteiger partial charge in [0.1, 0.15) is 5.41 Å². The Morgan fingerprint density at radius 3 is 2.16 bits per heavy atom. The van der Waals surface area contributed by atoms with Crippen molar-refractivity contribution >= 4 is 21.7 Å². The summed E-state index contributed by atoms with van der Waals surface area (Å²) in [5.74, 6) is 0.160. The van der Waals surface area contributed by atoms with Crippen LogP contribution in [0.25, 0.3) is 22.5 Å². The molecule has 1 amide bonds. The summed E-state index contributed by atoms with van der Waals surface area (Å²) in [6.07, 6.45) is 1.53. The van der Waals surface area contributed by atoms with E-state index < -0.39 is 20.7 Å². The lowest BCUT2D eigenvalue weighted by molar-refractivity contribution is -0.127. The monoisotopic (exact) mass is 585 g/mol. The van der Waals surface area contributed by atoms with Gasteiger partial charge in [0.2, 0.25) is 11.9 Å². The number of hydrogen-bond donors (Lipinski definition) is 2. The van der Waals surface area contributed by atoms with Gasteiger partial charge in [0.25, 0.3) is 0 Å². The standard InChI is InChI=1S/C34H27N5O3S/c1-33(19-34(20-35)27-12-5-3-10-25(27)29(33)26-11-4-6-13-28(26)34)31(40)37-32-36-30(38-39-32)23-9-7-8-22(18-23)21-14-16-24(17-15-21)43(2,41)42/h3-18,29H,19H2,1-2H3,(H2,36,37,38,39,40). The fourth-order valence-electron chi connectivity index (χ4n) is 6.92. The zero-order chi connectivity index (χ0) is 30.0. The molecule has 9 heteroatoms. The predicted octanol–water partition coefficient (Wildman–Crippen LogP) is 5.85. The molecule has 0 aliphatic heterocycles. The molecule has 0 radical (unpaired) electrons. The van der Waals surface area contributed by atoms with Crippen molar-refractivity contribution in [2.45, 2.75) is 29.6 Å². The summed E-state index contributed by atoms with van der Waals surface area (Å²) in [6, 6.07) is 32.8. The summed E-state index contributed by atoms with van der Waals surface area (Å²) < 4.78 is 23.7. The second-order valence-corrected chi connectivity index (χ2v) is 13.6. The number of fused-ring (bicyclic) bond motifs is 1. The smallest absolute Gasteiger partial charge is 0.249 e. The molecule has 0 spiro atoms. The fraction of sp³-hybridized carbons (Fsp3) is 0.176. The number of benzene rings is 4. The van der Waals surface area contributed by atoms with Gasteiger partial charge in [-0.15, -0.1) is 5.10 Å². The van der Waals surface area contributed by atoms with E-state index in [1.54, 1.807) is 24.3 Å². The van der Waals surface area contributed by atoms with Crippen LogP contribution in [0.3, 0.4) is 0 Å². The number of aromatic amines is 1. The average molecular weight is 586 g/mol. The zero-order valence-corrected chi connectivity index (χ0v) is 24.3. The maximum absolute atomic E-state index is 14.1. The minimum absolute atomic E-state index is 0.151. The van der Waals surface area contributed by atoms with Gasteiger partial charge in [-0.25, -0.2) is 8.42 Å². The summed E-state index contributed by atoms with van der Waals surface area (Å²) in [5, 5.41) is 20.8. The van der Waals surface area contributed by atoms with Crippen molar-refractivity contribution in [3.05, 3.63) is 119 Å². The SMILES string of the molecule is CC1(C(=O)Nc2n[nH]c(-c3cccc(-c4ccc(S(C)(=O)=O)cc4)c3)n2)CC2(C#N)c3ccccc3C1c1ccccc12. The minimum atomic E-state index is -3.28. The van der Waals surface area contributed by atoms with Crippen LogP contribution in [0.5, 0.6) is 0 Å². The lowest BCUT2D eigenvalue weighted by atomic mass is 9.47. The molecular weight excluding hydrogens is 558 g/mol. The van der Waals surface area contributed by atoms with Crippen molar-refractivity contribution in [2.75, 3.05) is 11.6 Å². The van der Waals surface area contributed by atoms with E-state index in [1.165, 1.54) is 6.26 Å². The number of nitriles is 1. The quantitative estimate of drug-likeness (QED) is 0.266. The molecule has 5 aromatic rings. The number of nitrogens with one attached hydrogen (secondary N) is 2. The Morgan fingerprint density at radius 2 is 1.53 bits per heavy atom. The topological polar surface area (TPSA) is 129 Å². The normalized spacial score (nSPS) is 21.8. The fourth-order valence-corrected chi connectivity index (χ4v) is 7.55. The molecule has 0 saturated carbocycles. The van der Waals surface area contributed by atoms with E-state index in [2.05, 4.69) is 26.6 Å². The van der Waals surface area contributed by atoms with Crippen molar-refractivity contribution < 1.29 is 13.2 Å². The van der Waals surface area contributed by atoms with E-state index in [9.17, 15) is 18.5 Å². The molecule has 8 rings (SSSR count). The molecule has 0 saturated heterocycles. The minimum Gasteiger partial charge on any atom is -0.293 e. The van der Waals surface area contributed by atoms with Crippen LogP contribution in [0.2, 0.25) is 0 Å². The molecule has 43 heavy (non-hydrogen) atoms. The van der Waals surface area contributed by atoms with Crippen LogP contribution in [0, 0.1) is 16.7 Å². The number of nitrogens with zero attached hydrogens (tertiary/aromatic N) is 3. The Balaban J connectivity index is 1.19. The number of carbonyl (C=O) groups is 1. The molecule has 2 N–H and O–H groups in total. The molecular formula is C34H27N5O3S. The lowest BCUT2D eigenvalue weighted by Gasteiger charge is -2.54. The average Bonchev–Trinajstić information content (AvgIpc) is 3.49. The van der Waals surface area contributed by atoms with E-state index in [0.29, 0.717) is 12.2 Å². The van der Waals surface area contributed by atoms with Crippen LogP contribution in [-0.4, -0.2) is 35.8 Å². The van der Waals surface area contributed by atoms with Crippen molar-refractivity contribution in [1.29, 1.82) is 5.26 Å². The molecule has 1 atom stereocenters. The van der Waals surface area contributed by atoms with Crippen LogP contribution in [0.1, 0.15) is 41.5 Å². The number of hydrogen-bond acceptors (Lipinski definition) is 6. The Morgan fingerprint density at radius 1 is 0.907 bits per heavy atom. The molecule has 212 valence electrons. The maximum Gasteiger partial charge on any atom is 0.249 e. The Kier molecular flexibility index (Phi) is 5.91. The predicted molar refractivity (Wildman–Crippen MR) is 163 cm³/mol. The highest BCUT2D eigenvalue weighted by Gasteiger charge is 2.61. The third-order valence-corrected chi connectivity index (χ3v) is 10.0. The molecule has 1 aromatic heterocycles. The van der Waals surface area contributed by atoms with Crippen molar-refractivity contribution in [3.63, 3.8) is 0 Å². The first-order valence-electron chi connectivity index (χ1n) is 13.9. The number of carbonyl (C=O) groups excluding carboxylic acids is 1. The number of rotatable bonds is 5. The highest BCUT2D eigenvalue weighted by atomic mass is 32.2. The van der Waals surface area contributed by atoms with Crippen LogP contribution < -0.4 is 5.32 Å². The van der Waals surface area contributed by atoms with Gasteiger partial charge in [0.15, 0.2) is 15.7 Å². The number of amides is 1. The van der Waals surface area contributed by atoms with Gasteiger partial charge in [0, 0.05) is 17.7 Å².